The molecule has 122 valence electrons. The number of nitrogens with one attached hydrogen (secondary N) is 2. The molecule has 0 aromatic rings. The number of hydrogen-bond acceptors (Lipinski definition) is 5. The highest BCUT2D eigenvalue weighted by molar-refractivity contribution is 5.68. The molecule has 2 rings (SSSR count). The first-order chi connectivity index (χ1) is 9.92. The van der Waals surface area contributed by atoms with E-state index in [1.807, 2.05) is 20.8 Å². The number of amides is 1. The summed E-state index contributed by atoms with van der Waals surface area (Å²) in [5.41, 5.74) is -0.446. The third-order valence-corrected chi connectivity index (χ3v) is 3.67. The van der Waals surface area contributed by atoms with Crippen LogP contribution in [-0.2, 0) is 14.2 Å². The quantitative estimate of drug-likeness (QED) is 0.822. The average molecular weight is 300 g/mol. The van der Waals surface area contributed by atoms with Crippen LogP contribution in [0, 0.1) is 0 Å². The van der Waals surface area contributed by atoms with Gasteiger partial charge in [-0.1, -0.05) is 0 Å². The minimum atomic E-state index is -0.446. The summed E-state index contributed by atoms with van der Waals surface area (Å²) in [5.74, 6) is 0. The first-order valence-corrected chi connectivity index (χ1v) is 7.84. The number of hydrogen-bond donors (Lipinski definition) is 2. The summed E-state index contributed by atoms with van der Waals surface area (Å²) in [5, 5.41) is 6.45. The molecule has 3 unspecified atom stereocenters. The number of carbonyl (C=O) groups excluding carboxylic acids is 1. The number of carbonyl (C=O) groups is 1. The molecule has 1 aliphatic carbocycles. The van der Waals surface area contributed by atoms with E-state index in [2.05, 4.69) is 10.6 Å². The van der Waals surface area contributed by atoms with Crippen molar-refractivity contribution in [3.05, 3.63) is 0 Å². The predicted octanol–water partition coefficient (Wildman–Crippen LogP) is 1.44. The maximum Gasteiger partial charge on any atom is 0.407 e. The zero-order valence-electron chi connectivity index (χ0n) is 13.3. The Labute approximate surface area is 126 Å². The molecule has 6 heteroatoms. The fraction of sp³-hybridized carbons (Fsp3) is 0.933. The van der Waals surface area contributed by atoms with E-state index in [4.69, 9.17) is 14.2 Å². The molecule has 0 radical (unpaired) electrons. The Morgan fingerprint density at radius 1 is 1.24 bits per heavy atom. The lowest BCUT2D eigenvalue weighted by atomic mass is 10.2. The Balaban J connectivity index is 1.62. The van der Waals surface area contributed by atoms with E-state index >= 15 is 0 Å². The maximum absolute atomic E-state index is 11.7. The summed E-state index contributed by atoms with van der Waals surface area (Å²) in [7, 11) is 0. The van der Waals surface area contributed by atoms with Crippen LogP contribution in [0.4, 0.5) is 4.79 Å². The average Bonchev–Trinajstić information content (AvgIpc) is 2.83. The van der Waals surface area contributed by atoms with Gasteiger partial charge in [-0.25, -0.2) is 4.79 Å². The summed E-state index contributed by atoms with van der Waals surface area (Å²) in [4.78, 5) is 11.7. The van der Waals surface area contributed by atoms with E-state index < -0.39 is 5.60 Å². The van der Waals surface area contributed by atoms with Crippen molar-refractivity contribution in [3.8, 4) is 0 Å². The van der Waals surface area contributed by atoms with E-state index in [1.54, 1.807) is 0 Å². The van der Waals surface area contributed by atoms with E-state index in [0.717, 1.165) is 25.8 Å². The lowest BCUT2D eigenvalue weighted by Gasteiger charge is -2.25. The van der Waals surface area contributed by atoms with Gasteiger partial charge >= 0.3 is 6.09 Å². The summed E-state index contributed by atoms with van der Waals surface area (Å²) in [6.07, 6.45) is 2.81. The Morgan fingerprint density at radius 2 is 2.00 bits per heavy atom. The molecule has 0 spiro atoms. The largest absolute Gasteiger partial charge is 0.444 e. The van der Waals surface area contributed by atoms with Gasteiger partial charge in [-0.3, -0.25) is 0 Å². The lowest BCUT2D eigenvalue weighted by molar-refractivity contribution is -0.0870. The lowest BCUT2D eigenvalue weighted by Crippen LogP contribution is -2.42. The van der Waals surface area contributed by atoms with Crippen LogP contribution >= 0.6 is 0 Å². The summed E-state index contributed by atoms with van der Waals surface area (Å²) < 4.78 is 16.3. The van der Waals surface area contributed by atoms with Gasteiger partial charge in [-0.15, -0.1) is 0 Å². The Kier molecular flexibility index (Phi) is 5.84. The Morgan fingerprint density at radius 3 is 2.67 bits per heavy atom. The molecule has 0 bridgehead atoms. The molecule has 0 aromatic heterocycles. The molecular weight excluding hydrogens is 272 g/mol. The molecule has 6 nitrogen and oxygen atoms in total. The topological polar surface area (TPSA) is 68.8 Å². The van der Waals surface area contributed by atoms with Crippen molar-refractivity contribution in [2.75, 3.05) is 26.4 Å². The summed E-state index contributed by atoms with van der Waals surface area (Å²) in [6.45, 7) is 8.47. The highest BCUT2D eigenvalue weighted by atomic mass is 16.6. The molecule has 1 amide bonds. The second kappa shape index (κ2) is 7.42. The molecule has 1 saturated carbocycles. The standard InChI is InChI=1S/C15H28N2O4/c1-15(2,3)21-14(18)17-12-5-4-11(8-12)16-9-13-10-19-6-7-20-13/h11-13,16H,4-10H2,1-3H3,(H,17,18). The van der Waals surface area contributed by atoms with Gasteiger partial charge in [0, 0.05) is 18.6 Å². The van der Waals surface area contributed by atoms with Crippen LogP contribution < -0.4 is 10.6 Å². The van der Waals surface area contributed by atoms with Gasteiger partial charge in [0.25, 0.3) is 0 Å². The first-order valence-electron chi connectivity index (χ1n) is 7.84. The smallest absolute Gasteiger partial charge is 0.407 e. The highest BCUT2D eigenvalue weighted by Crippen LogP contribution is 2.20. The van der Waals surface area contributed by atoms with Crippen LogP contribution in [0.5, 0.6) is 0 Å². The van der Waals surface area contributed by atoms with Crippen molar-refractivity contribution in [2.45, 2.75) is 63.8 Å². The van der Waals surface area contributed by atoms with Crippen molar-refractivity contribution in [2.24, 2.45) is 0 Å². The van der Waals surface area contributed by atoms with Crippen molar-refractivity contribution < 1.29 is 19.0 Å². The van der Waals surface area contributed by atoms with Gasteiger partial charge in [-0.05, 0) is 40.0 Å². The molecule has 1 saturated heterocycles. The molecule has 2 aliphatic rings. The van der Waals surface area contributed by atoms with E-state index in [0.29, 0.717) is 25.9 Å². The van der Waals surface area contributed by atoms with Crippen LogP contribution in [0.25, 0.3) is 0 Å². The maximum atomic E-state index is 11.7. The summed E-state index contributed by atoms with van der Waals surface area (Å²) >= 11 is 0. The predicted molar refractivity (Wildman–Crippen MR) is 79.4 cm³/mol. The monoisotopic (exact) mass is 300 g/mol. The van der Waals surface area contributed by atoms with E-state index in [-0.39, 0.29) is 18.2 Å². The van der Waals surface area contributed by atoms with Gasteiger partial charge in [-0.2, -0.15) is 0 Å². The number of rotatable bonds is 4. The minimum Gasteiger partial charge on any atom is -0.444 e. The molecule has 2 fully saturated rings. The van der Waals surface area contributed by atoms with Gasteiger partial charge < -0.3 is 24.8 Å². The van der Waals surface area contributed by atoms with Gasteiger partial charge in [0.2, 0.25) is 0 Å². The third kappa shape index (κ3) is 6.20. The van der Waals surface area contributed by atoms with Gasteiger partial charge in [0.05, 0.1) is 25.9 Å². The van der Waals surface area contributed by atoms with Crippen LogP contribution in [-0.4, -0.2) is 56.2 Å². The zero-order valence-corrected chi connectivity index (χ0v) is 13.3. The molecule has 2 N–H and O–H groups in total. The molecule has 1 aliphatic heterocycles. The Hall–Kier alpha value is -0.850. The fourth-order valence-corrected chi connectivity index (χ4v) is 2.72. The van der Waals surface area contributed by atoms with Gasteiger partial charge in [0.15, 0.2) is 0 Å². The molecule has 0 aromatic carbocycles. The van der Waals surface area contributed by atoms with E-state index in [1.165, 1.54) is 0 Å². The van der Waals surface area contributed by atoms with Crippen LogP contribution in [0.15, 0.2) is 0 Å². The van der Waals surface area contributed by atoms with Crippen molar-refractivity contribution in [3.63, 3.8) is 0 Å². The van der Waals surface area contributed by atoms with Crippen LogP contribution in [0.1, 0.15) is 40.0 Å². The second-order valence-electron chi connectivity index (χ2n) is 6.83. The SMILES string of the molecule is CC(C)(C)OC(=O)NC1CCC(NCC2COCCO2)C1. The van der Waals surface area contributed by atoms with E-state index in [9.17, 15) is 4.79 Å². The Bertz CT molecular complexity index is 337. The zero-order chi connectivity index (χ0) is 15.3. The van der Waals surface area contributed by atoms with Crippen molar-refractivity contribution >= 4 is 6.09 Å². The molecule has 21 heavy (non-hydrogen) atoms. The second-order valence-corrected chi connectivity index (χ2v) is 6.83. The molecular formula is C15H28N2O4. The normalized spacial score (nSPS) is 30.1. The summed E-state index contributed by atoms with van der Waals surface area (Å²) in [6, 6.07) is 0.622. The highest BCUT2D eigenvalue weighted by Gasteiger charge is 2.28. The number of ether oxygens (including phenoxy) is 3. The number of alkyl carbamates (subject to hydrolysis) is 1. The third-order valence-electron chi connectivity index (χ3n) is 3.67. The van der Waals surface area contributed by atoms with Crippen LogP contribution in [0.3, 0.4) is 0 Å². The van der Waals surface area contributed by atoms with Crippen molar-refractivity contribution in [1.82, 2.24) is 10.6 Å². The minimum absolute atomic E-state index is 0.150. The molecule has 1 heterocycles. The van der Waals surface area contributed by atoms with Gasteiger partial charge in [0.1, 0.15) is 5.60 Å². The van der Waals surface area contributed by atoms with Crippen molar-refractivity contribution in [1.29, 1.82) is 0 Å². The first kappa shape index (κ1) is 16.5. The fourth-order valence-electron chi connectivity index (χ4n) is 2.72. The van der Waals surface area contributed by atoms with Crippen LogP contribution in [0.2, 0.25) is 0 Å². The molecule has 3 atom stereocenters.